The van der Waals surface area contributed by atoms with E-state index in [1.807, 2.05) is 19.2 Å². The molecule has 0 aromatic heterocycles. The van der Waals surface area contributed by atoms with Crippen LogP contribution in [-0.4, -0.2) is 14.2 Å². The van der Waals surface area contributed by atoms with Crippen LogP contribution in [0.4, 0.5) is 0 Å². The summed E-state index contributed by atoms with van der Waals surface area (Å²) in [5.74, 6) is 0.950. The molecule has 0 radical (unpaired) electrons. The third kappa shape index (κ3) is 4.62. The molecular formula is C15H24BrNO. The first-order valence-corrected chi connectivity index (χ1v) is 7.17. The molecule has 3 heteroatoms. The Morgan fingerprint density at radius 3 is 2.50 bits per heavy atom. The molecule has 1 atom stereocenters. The number of methoxy groups -OCH3 is 1. The lowest BCUT2D eigenvalue weighted by molar-refractivity contribution is 0.332. The highest BCUT2D eigenvalue weighted by Crippen LogP contribution is 2.33. The zero-order chi connectivity index (χ0) is 13.8. The van der Waals surface area contributed by atoms with Crippen molar-refractivity contribution in [2.75, 3.05) is 14.2 Å². The minimum Gasteiger partial charge on any atom is -0.496 e. The monoisotopic (exact) mass is 313 g/mol. The summed E-state index contributed by atoms with van der Waals surface area (Å²) in [5.41, 5.74) is 1.58. The normalized spacial score (nSPS) is 13.4. The zero-order valence-electron chi connectivity index (χ0n) is 12.0. The Labute approximate surface area is 119 Å². The van der Waals surface area contributed by atoms with Crippen molar-refractivity contribution < 1.29 is 4.74 Å². The fourth-order valence-electron chi connectivity index (χ4n) is 2.01. The van der Waals surface area contributed by atoms with E-state index in [9.17, 15) is 0 Å². The quantitative estimate of drug-likeness (QED) is 0.861. The Morgan fingerprint density at radius 2 is 2.00 bits per heavy atom. The molecule has 0 spiro atoms. The van der Waals surface area contributed by atoms with E-state index < -0.39 is 0 Å². The van der Waals surface area contributed by atoms with Crippen LogP contribution in [0.2, 0.25) is 0 Å². The summed E-state index contributed by atoms with van der Waals surface area (Å²) in [5, 5.41) is 3.39. The fourth-order valence-corrected chi connectivity index (χ4v) is 2.39. The molecule has 1 unspecified atom stereocenters. The van der Waals surface area contributed by atoms with Crippen LogP contribution in [0.5, 0.6) is 5.75 Å². The highest BCUT2D eigenvalue weighted by Gasteiger charge is 2.18. The smallest absolute Gasteiger partial charge is 0.123 e. The first-order valence-electron chi connectivity index (χ1n) is 6.38. The first kappa shape index (κ1) is 15.5. The lowest BCUT2D eigenvalue weighted by Crippen LogP contribution is -2.19. The third-order valence-corrected chi connectivity index (χ3v) is 3.59. The van der Waals surface area contributed by atoms with Crippen molar-refractivity contribution in [2.45, 2.75) is 39.7 Å². The molecule has 1 aromatic rings. The van der Waals surface area contributed by atoms with E-state index in [0.29, 0.717) is 11.5 Å². The van der Waals surface area contributed by atoms with Crippen molar-refractivity contribution in [3.63, 3.8) is 0 Å². The Hall–Kier alpha value is -0.540. The van der Waals surface area contributed by atoms with Crippen LogP contribution in [-0.2, 0) is 0 Å². The number of rotatable bonds is 5. The Balaban J connectivity index is 2.90. The summed E-state index contributed by atoms with van der Waals surface area (Å²) < 4.78 is 6.55. The second-order valence-electron chi connectivity index (χ2n) is 5.83. The van der Waals surface area contributed by atoms with Gasteiger partial charge >= 0.3 is 0 Å². The number of benzene rings is 1. The van der Waals surface area contributed by atoms with Crippen LogP contribution < -0.4 is 10.1 Å². The predicted molar refractivity (Wildman–Crippen MR) is 81.2 cm³/mol. The maximum Gasteiger partial charge on any atom is 0.123 e. The first-order chi connectivity index (χ1) is 8.37. The molecule has 0 saturated heterocycles. The van der Waals surface area contributed by atoms with Gasteiger partial charge in [0, 0.05) is 16.1 Å². The minimum absolute atomic E-state index is 0.330. The van der Waals surface area contributed by atoms with Crippen LogP contribution in [0.3, 0.4) is 0 Å². The fraction of sp³-hybridized carbons (Fsp3) is 0.600. The van der Waals surface area contributed by atoms with Gasteiger partial charge in [-0.25, -0.2) is 0 Å². The summed E-state index contributed by atoms with van der Waals surface area (Å²) in [6.45, 7) is 6.83. The molecule has 0 saturated carbocycles. The molecule has 102 valence electrons. The van der Waals surface area contributed by atoms with Crippen molar-refractivity contribution in [1.82, 2.24) is 5.32 Å². The Kier molecular flexibility index (Phi) is 5.67. The molecule has 18 heavy (non-hydrogen) atoms. The van der Waals surface area contributed by atoms with Gasteiger partial charge in [0.15, 0.2) is 0 Å². The number of hydrogen-bond donors (Lipinski definition) is 1. The summed E-state index contributed by atoms with van der Waals surface area (Å²) in [6.07, 6.45) is 2.28. The van der Waals surface area contributed by atoms with Crippen molar-refractivity contribution >= 4 is 15.9 Å². The third-order valence-electron chi connectivity index (χ3n) is 3.10. The topological polar surface area (TPSA) is 21.3 Å². The van der Waals surface area contributed by atoms with E-state index in [-0.39, 0.29) is 0 Å². The number of halogens is 1. The standard InChI is InChI=1S/C15H24BrNO/c1-15(2,3)9-8-13(17-4)12-10-11(16)6-7-14(12)18-5/h6-7,10,13,17H,8-9H2,1-5H3. The summed E-state index contributed by atoms with van der Waals surface area (Å²) in [6, 6.07) is 6.50. The van der Waals surface area contributed by atoms with E-state index in [1.54, 1.807) is 7.11 Å². The van der Waals surface area contributed by atoms with Gasteiger partial charge in [-0.3, -0.25) is 0 Å². The summed E-state index contributed by atoms with van der Waals surface area (Å²) in [4.78, 5) is 0. The molecule has 1 aromatic carbocycles. The van der Waals surface area contributed by atoms with Gasteiger partial charge in [0.05, 0.1) is 7.11 Å². The van der Waals surface area contributed by atoms with Gasteiger partial charge in [-0.2, -0.15) is 0 Å². The average Bonchev–Trinajstić information content (AvgIpc) is 2.28. The van der Waals surface area contributed by atoms with Gasteiger partial charge in [0.25, 0.3) is 0 Å². The average molecular weight is 314 g/mol. The van der Waals surface area contributed by atoms with Crippen molar-refractivity contribution in [2.24, 2.45) is 5.41 Å². The van der Waals surface area contributed by atoms with Crippen molar-refractivity contribution in [3.8, 4) is 5.75 Å². The molecule has 0 fully saturated rings. The lowest BCUT2D eigenvalue weighted by Gasteiger charge is -2.24. The molecule has 0 aliphatic carbocycles. The second-order valence-corrected chi connectivity index (χ2v) is 6.74. The Bertz CT molecular complexity index is 385. The predicted octanol–water partition coefficient (Wildman–Crippen LogP) is 4.54. The summed E-state index contributed by atoms with van der Waals surface area (Å²) in [7, 11) is 3.73. The van der Waals surface area contributed by atoms with E-state index >= 15 is 0 Å². The van der Waals surface area contributed by atoms with E-state index in [0.717, 1.165) is 16.6 Å². The molecule has 2 nitrogen and oxygen atoms in total. The van der Waals surface area contributed by atoms with Crippen LogP contribution in [0.1, 0.15) is 45.2 Å². The highest BCUT2D eigenvalue weighted by atomic mass is 79.9. The molecule has 0 heterocycles. The maximum atomic E-state index is 5.45. The molecule has 0 amide bonds. The van der Waals surface area contributed by atoms with E-state index in [4.69, 9.17) is 4.74 Å². The van der Waals surface area contributed by atoms with Gasteiger partial charge in [-0.05, 0) is 43.5 Å². The summed E-state index contributed by atoms with van der Waals surface area (Å²) >= 11 is 3.53. The minimum atomic E-state index is 0.330. The van der Waals surface area contributed by atoms with Crippen LogP contribution in [0.25, 0.3) is 0 Å². The molecule has 0 aliphatic rings. The van der Waals surface area contributed by atoms with Gasteiger partial charge in [-0.15, -0.1) is 0 Å². The molecule has 1 N–H and O–H groups in total. The SMILES string of the molecule is CNC(CCC(C)(C)C)c1cc(Br)ccc1OC. The van der Waals surface area contributed by atoms with Gasteiger partial charge < -0.3 is 10.1 Å². The molecule has 0 bridgehead atoms. The number of ether oxygens (including phenoxy) is 1. The van der Waals surface area contributed by atoms with Crippen molar-refractivity contribution in [1.29, 1.82) is 0 Å². The van der Waals surface area contributed by atoms with E-state index in [2.05, 4.69) is 48.1 Å². The zero-order valence-corrected chi connectivity index (χ0v) is 13.6. The van der Waals surface area contributed by atoms with Crippen LogP contribution >= 0.6 is 15.9 Å². The van der Waals surface area contributed by atoms with Gasteiger partial charge in [0.1, 0.15) is 5.75 Å². The van der Waals surface area contributed by atoms with Crippen LogP contribution in [0, 0.1) is 5.41 Å². The molecule has 1 rings (SSSR count). The van der Waals surface area contributed by atoms with Crippen LogP contribution in [0.15, 0.2) is 22.7 Å². The lowest BCUT2D eigenvalue weighted by atomic mass is 9.87. The Morgan fingerprint density at radius 1 is 1.33 bits per heavy atom. The highest BCUT2D eigenvalue weighted by molar-refractivity contribution is 9.10. The molecular weight excluding hydrogens is 290 g/mol. The van der Waals surface area contributed by atoms with Gasteiger partial charge in [0.2, 0.25) is 0 Å². The number of nitrogens with one attached hydrogen (secondary N) is 1. The maximum absolute atomic E-state index is 5.45. The van der Waals surface area contributed by atoms with Crippen molar-refractivity contribution in [3.05, 3.63) is 28.2 Å². The van der Waals surface area contributed by atoms with Gasteiger partial charge in [-0.1, -0.05) is 36.7 Å². The second kappa shape index (κ2) is 6.58. The largest absolute Gasteiger partial charge is 0.496 e. The van der Waals surface area contributed by atoms with E-state index in [1.165, 1.54) is 12.0 Å². The molecule has 0 aliphatic heterocycles. The number of hydrogen-bond acceptors (Lipinski definition) is 2.